The van der Waals surface area contributed by atoms with E-state index in [1.54, 1.807) is 44.6 Å². The Morgan fingerprint density at radius 2 is 1.69 bits per heavy atom. The van der Waals surface area contributed by atoms with Crippen LogP contribution in [0.1, 0.15) is 10.4 Å². The van der Waals surface area contributed by atoms with Crippen molar-refractivity contribution in [2.45, 2.75) is 0 Å². The van der Waals surface area contributed by atoms with E-state index in [-0.39, 0.29) is 5.91 Å². The number of hydrogen-bond donors (Lipinski definition) is 2. The predicted octanol–water partition coefficient (Wildman–Crippen LogP) is 5.16. The molecule has 1 aromatic heterocycles. The highest BCUT2D eigenvalue weighted by Crippen LogP contribution is 2.29. The number of nitrogens with one attached hydrogen (secondary N) is 2. The molecule has 4 rings (SSSR count). The van der Waals surface area contributed by atoms with Gasteiger partial charge in [0.2, 0.25) is 0 Å². The quantitative estimate of drug-likeness (QED) is 0.425. The second-order valence-corrected chi connectivity index (χ2v) is 6.88. The Morgan fingerprint density at radius 3 is 2.47 bits per heavy atom. The molecular weight excluding hydrogens is 404 g/mol. The molecule has 7 nitrogen and oxygen atoms in total. The van der Waals surface area contributed by atoms with Crippen molar-refractivity contribution in [3.63, 3.8) is 0 Å². The Morgan fingerprint density at radius 1 is 0.844 bits per heavy atom. The van der Waals surface area contributed by atoms with E-state index in [0.29, 0.717) is 28.6 Å². The zero-order chi connectivity index (χ0) is 22.3. The number of carbonyl (C=O) groups is 1. The molecule has 0 spiro atoms. The van der Waals surface area contributed by atoms with Crippen LogP contribution in [0, 0.1) is 0 Å². The zero-order valence-corrected chi connectivity index (χ0v) is 17.7. The van der Waals surface area contributed by atoms with E-state index >= 15 is 0 Å². The van der Waals surface area contributed by atoms with Gasteiger partial charge in [-0.25, -0.2) is 9.97 Å². The molecular formula is C25H22N4O3. The van der Waals surface area contributed by atoms with Crippen molar-refractivity contribution < 1.29 is 14.3 Å². The number of anilines is 3. The zero-order valence-electron chi connectivity index (χ0n) is 17.7. The van der Waals surface area contributed by atoms with E-state index in [1.807, 2.05) is 48.5 Å². The summed E-state index contributed by atoms with van der Waals surface area (Å²) in [7, 11) is 3.12. The van der Waals surface area contributed by atoms with Crippen LogP contribution in [0.2, 0.25) is 0 Å². The van der Waals surface area contributed by atoms with Crippen LogP contribution in [0.15, 0.2) is 85.2 Å². The van der Waals surface area contributed by atoms with Gasteiger partial charge in [-0.3, -0.25) is 4.79 Å². The van der Waals surface area contributed by atoms with Crippen molar-refractivity contribution in [1.29, 1.82) is 0 Å². The summed E-state index contributed by atoms with van der Waals surface area (Å²) in [6, 6.07) is 24.1. The number of aromatic nitrogens is 2. The molecule has 0 aliphatic heterocycles. The minimum Gasteiger partial charge on any atom is -0.497 e. The summed E-state index contributed by atoms with van der Waals surface area (Å²) in [5.41, 5.74) is 3.59. The normalized spacial score (nSPS) is 10.3. The van der Waals surface area contributed by atoms with Crippen molar-refractivity contribution in [2.24, 2.45) is 0 Å². The summed E-state index contributed by atoms with van der Waals surface area (Å²) >= 11 is 0. The number of ether oxygens (including phenoxy) is 2. The van der Waals surface area contributed by atoms with Crippen LogP contribution >= 0.6 is 0 Å². The van der Waals surface area contributed by atoms with Crippen molar-refractivity contribution in [2.75, 3.05) is 24.9 Å². The van der Waals surface area contributed by atoms with Gasteiger partial charge in [-0.15, -0.1) is 0 Å². The van der Waals surface area contributed by atoms with Crippen molar-refractivity contribution >= 4 is 23.1 Å². The van der Waals surface area contributed by atoms with Crippen LogP contribution in [0.5, 0.6) is 11.5 Å². The summed E-state index contributed by atoms with van der Waals surface area (Å²) in [5, 5.41) is 6.12. The first-order valence-corrected chi connectivity index (χ1v) is 9.94. The van der Waals surface area contributed by atoms with Crippen LogP contribution in [0.3, 0.4) is 0 Å². The molecule has 7 heteroatoms. The fourth-order valence-corrected chi connectivity index (χ4v) is 3.17. The Labute approximate surface area is 186 Å². The molecule has 3 aromatic carbocycles. The van der Waals surface area contributed by atoms with E-state index in [2.05, 4.69) is 20.6 Å². The van der Waals surface area contributed by atoms with E-state index in [4.69, 9.17) is 9.47 Å². The predicted molar refractivity (Wildman–Crippen MR) is 125 cm³/mol. The largest absolute Gasteiger partial charge is 0.497 e. The van der Waals surface area contributed by atoms with Gasteiger partial charge in [0.1, 0.15) is 23.6 Å². The Bertz CT molecular complexity index is 1230. The first-order chi connectivity index (χ1) is 15.7. The molecule has 0 unspecified atom stereocenters. The third-order valence-electron chi connectivity index (χ3n) is 4.79. The summed E-state index contributed by atoms with van der Waals surface area (Å²) in [5.74, 6) is 1.53. The molecule has 0 saturated carbocycles. The van der Waals surface area contributed by atoms with Crippen LogP contribution in [-0.4, -0.2) is 30.1 Å². The molecule has 0 bridgehead atoms. The Hall–Kier alpha value is -4.39. The molecule has 0 saturated heterocycles. The Kier molecular flexibility index (Phi) is 6.27. The van der Waals surface area contributed by atoms with Crippen LogP contribution in [0.25, 0.3) is 11.3 Å². The third-order valence-corrected chi connectivity index (χ3v) is 4.79. The maximum atomic E-state index is 12.8. The Balaban J connectivity index is 1.51. The molecule has 2 N–H and O–H groups in total. The van der Waals surface area contributed by atoms with Gasteiger partial charge in [-0.05, 0) is 30.3 Å². The molecule has 160 valence electrons. The van der Waals surface area contributed by atoms with Gasteiger partial charge in [-0.1, -0.05) is 36.4 Å². The van der Waals surface area contributed by atoms with Gasteiger partial charge in [0, 0.05) is 28.9 Å². The van der Waals surface area contributed by atoms with Crippen molar-refractivity contribution in [3.05, 3.63) is 90.8 Å². The van der Waals surface area contributed by atoms with Crippen LogP contribution in [-0.2, 0) is 0 Å². The van der Waals surface area contributed by atoms with E-state index in [9.17, 15) is 4.79 Å². The van der Waals surface area contributed by atoms with Gasteiger partial charge >= 0.3 is 0 Å². The number of carbonyl (C=O) groups excluding carboxylic acids is 1. The number of benzene rings is 3. The van der Waals surface area contributed by atoms with Gasteiger partial charge < -0.3 is 20.1 Å². The van der Waals surface area contributed by atoms with Crippen molar-refractivity contribution in [3.8, 4) is 22.8 Å². The lowest BCUT2D eigenvalue weighted by Gasteiger charge is -2.12. The van der Waals surface area contributed by atoms with Gasteiger partial charge in [-0.2, -0.15) is 0 Å². The lowest BCUT2D eigenvalue weighted by Crippen LogP contribution is -2.13. The topological polar surface area (TPSA) is 85.4 Å². The summed E-state index contributed by atoms with van der Waals surface area (Å²) in [4.78, 5) is 21.5. The molecule has 32 heavy (non-hydrogen) atoms. The van der Waals surface area contributed by atoms with E-state index < -0.39 is 0 Å². The van der Waals surface area contributed by atoms with Gasteiger partial charge in [0.15, 0.2) is 0 Å². The monoisotopic (exact) mass is 426 g/mol. The summed E-state index contributed by atoms with van der Waals surface area (Å²) < 4.78 is 10.6. The highest BCUT2D eigenvalue weighted by atomic mass is 16.5. The molecule has 0 fully saturated rings. The van der Waals surface area contributed by atoms with E-state index in [1.165, 1.54) is 6.33 Å². The summed E-state index contributed by atoms with van der Waals surface area (Å²) in [6.45, 7) is 0. The second kappa shape index (κ2) is 9.61. The minimum absolute atomic E-state index is 0.259. The molecule has 0 atom stereocenters. The standard InChI is InChI=1S/C25H22N4O3/c1-31-20-11-12-21(23(14-20)32-2)29-25(30)18-9-6-10-19(13-18)28-24-15-22(26-16-27-24)17-7-4-3-5-8-17/h3-16H,1-2H3,(H,29,30)(H,26,27,28). The highest BCUT2D eigenvalue weighted by molar-refractivity contribution is 6.05. The first kappa shape index (κ1) is 20.9. The lowest BCUT2D eigenvalue weighted by molar-refractivity contribution is 0.102. The molecule has 0 aliphatic rings. The van der Waals surface area contributed by atoms with Crippen molar-refractivity contribution in [1.82, 2.24) is 9.97 Å². The average Bonchev–Trinajstić information content (AvgIpc) is 2.85. The molecule has 0 aliphatic carbocycles. The fourth-order valence-electron chi connectivity index (χ4n) is 3.17. The number of hydrogen-bond acceptors (Lipinski definition) is 6. The van der Waals surface area contributed by atoms with Crippen LogP contribution < -0.4 is 20.1 Å². The number of methoxy groups -OCH3 is 2. The molecule has 4 aromatic rings. The highest BCUT2D eigenvalue weighted by Gasteiger charge is 2.12. The van der Waals surface area contributed by atoms with Gasteiger partial charge in [0.25, 0.3) is 5.91 Å². The average molecular weight is 426 g/mol. The smallest absolute Gasteiger partial charge is 0.255 e. The maximum Gasteiger partial charge on any atom is 0.255 e. The minimum atomic E-state index is -0.259. The molecule has 1 amide bonds. The second-order valence-electron chi connectivity index (χ2n) is 6.88. The van der Waals surface area contributed by atoms with Crippen LogP contribution in [0.4, 0.5) is 17.2 Å². The first-order valence-electron chi connectivity index (χ1n) is 9.94. The fraction of sp³-hybridized carbons (Fsp3) is 0.0800. The van der Waals surface area contributed by atoms with E-state index in [0.717, 1.165) is 16.9 Å². The molecule has 0 radical (unpaired) electrons. The SMILES string of the molecule is COc1ccc(NC(=O)c2cccc(Nc3cc(-c4ccccc4)ncn3)c2)c(OC)c1. The third kappa shape index (κ3) is 4.84. The molecule has 1 heterocycles. The van der Waals surface area contributed by atoms with Gasteiger partial charge in [0.05, 0.1) is 25.6 Å². The lowest BCUT2D eigenvalue weighted by atomic mass is 10.1. The maximum absolute atomic E-state index is 12.8. The number of rotatable bonds is 7. The number of nitrogens with zero attached hydrogens (tertiary/aromatic N) is 2. The number of amides is 1. The summed E-state index contributed by atoms with van der Waals surface area (Å²) in [6.07, 6.45) is 1.51.